The molecule has 0 radical (unpaired) electrons. The van der Waals surface area contributed by atoms with E-state index in [1.165, 1.54) is 61.0 Å². The Morgan fingerprint density at radius 2 is 2.14 bits per heavy atom. The van der Waals surface area contributed by atoms with Gasteiger partial charge in [-0.1, -0.05) is 41.7 Å². The highest BCUT2D eigenvalue weighted by Crippen LogP contribution is 2.23. The molecule has 0 bridgehead atoms. The van der Waals surface area contributed by atoms with Gasteiger partial charge >= 0.3 is 0 Å². The highest BCUT2D eigenvalue weighted by atomic mass is 32.2. The van der Waals surface area contributed by atoms with Crippen molar-refractivity contribution in [3.05, 3.63) is 29.8 Å². The van der Waals surface area contributed by atoms with Crippen molar-refractivity contribution in [2.24, 2.45) is 0 Å². The summed E-state index contributed by atoms with van der Waals surface area (Å²) in [7, 11) is 0. The van der Waals surface area contributed by atoms with Gasteiger partial charge in [0, 0.05) is 13.1 Å². The first-order chi connectivity index (χ1) is 13.7. The van der Waals surface area contributed by atoms with Crippen LogP contribution in [0.5, 0.6) is 5.75 Å². The van der Waals surface area contributed by atoms with Crippen LogP contribution in [-0.4, -0.2) is 53.0 Å². The van der Waals surface area contributed by atoms with Crippen LogP contribution in [0.2, 0.25) is 0 Å². The van der Waals surface area contributed by atoms with Gasteiger partial charge in [0.25, 0.3) is 0 Å². The van der Waals surface area contributed by atoms with Crippen LogP contribution in [0.4, 0.5) is 5.13 Å². The summed E-state index contributed by atoms with van der Waals surface area (Å²) < 4.78 is 6.55. The third-order valence-corrected chi connectivity index (χ3v) is 6.30. The van der Waals surface area contributed by atoms with Gasteiger partial charge in [-0.05, 0) is 50.0 Å². The Balaban J connectivity index is 1.29. The number of carbonyl (C=O) groups excluding carboxylic acids is 1. The average molecular weight is 422 g/mol. The number of anilines is 1. The molecule has 0 atom stereocenters. The molecule has 1 aromatic heterocycles. The van der Waals surface area contributed by atoms with Crippen molar-refractivity contribution < 1.29 is 9.53 Å². The molecule has 2 heterocycles. The van der Waals surface area contributed by atoms with Crippen LogP contribution in [0.15, 0.2) is 28.6 Å². The van der Waals surface area contributed by atoms with E-state index in [4.69, 9.17) is 10.5 Å². The van der Waals surface area contributed by atoms with E-state index in [1.807, 2.05) is 12.1 Å². The predicted molar refractivity (Wildman–Crippen MR) is 114 cm³/mol. The summed E-state index contributed by atoms with van der Waals surface area (Å²) >= 11 is 2.63. The molecule has 9 heteroatoms. The minimum Gasteiger partial charge on any atom is -0.494 e. The average Bonchev–Trinajstić information content (AvgIpc) is 3.12. The highest BCUT2D eigenvalue weighted by molar-refractivity contribution is 8.01. The van der Waals surface area contributed by atoms with Crippen molar-refractivity contribution in [2.45, 2.75) is 36.6 Å². The predicted octanol–water partition coefficient (Wildman–Crippen LogP) is 2.78. The number of carbonyl (C=O) groups is 1. The highest BCUT2D eigenvalue weighted by Gasteiger charge is 2.10. The summed E-state index contributed by atoms with van der Waals surface area (Å²) in [6.07, 6.45) is 4.72. The van der Waals surface area contributed by atoms with E-state index >= 15 is 0 Å². The van der Waals surface area contributed by atoms with Gasteiger partial charge in [-0.3, -0.25) is 9.69 Å². The number of aromatic nitrogens is 2. The molecule has 1 aliphatic rings. The maximum absolute atomic E-state index is 11.8. The fraction of sp³-hybridized carbons (Fsp3) is 0.526. The van der Waals surface area contributed by atoms with Gasteiger partial charge in [0.2, 0.25) is 11.0 Å². The molecule has 1 aromatic carbocycles. The smallest absolute Gasteiger partial charge is 0.230 e. The topological polar surface area (TPSA) is 93.4 Å². The van der Waals surface area contributed by atoms with Crippen LogP contribution >= 0.6 is 23.1 Å². The third kappa shape index (κ3) is 7.29. The molecule has 0 saturated carbocycles. The number of nitrogens with two attached hydrogens (primary N) is 1. The second kappa shape index (κ2) is 11.2. The standard InChI is InChI=1S/C19H27N5O2S2/c20-18-22-23-19(28-18)27-14-17(25)21-8-5-11-26-16-7-4-6-15(12-16)13-24-9-2-1-3-10-24/h4,6-7,12H,1-3,5,8-11,13-14H2,(H2,20,22)(H,21,25). The molecule has 0 spiro atoms. The molecule has 7 nitrogen and oxygen atoms in total. The lowest BCUT2D eigenvalue weighted by Crippen LogP contribution is -2.29. The van der Waals surface area contributed by atoms with Crippen molar-refractivity contribution in [3.63, 3.8) is 0 Å². The van der Waals surface area contributed by atoms with Crippen LogP contribution in [0.1, 0.15) is 31.2 Å². The Kier molecular flexibility index (Phi) is 8.38. The van der Waals surface area contributed by atoms with Gasteiger partial charge < -0.3 is 15.8 Å². The number of thioether (sulfide) groups is 1. The number of rotatable bonds is 10. The van der Waals surface area contributed by atoms with E-state index in [1.54, 1.807) is 0 Å². The second-order valence-corrected chi connectivity index (χ2v) is 8.96. The number of amides is 1. The number of ether oxygens (including phenoxy) is 1. The largest absolute Gasteiger partial charge is 0.494 e. The maximum Gasteiger partial charge on any atom is 0.230 e. The molecular formula is C19H27N5O2S2. The number of likely N-dealkylation sites (tertiary alicyclic amines) is 1. The molecule has 3 rings (SSSR count). The summed E-state index contributed by atoms with van der Waals surface area (Å²) in [4.78, 5) is 14.3. The maximum atomic E-state index is 11.8. The quantitative estimate of drug-likeness (QED) is 0.450. The number of hydrogen-bond donors (Lipinski definition) is 2. The minimum atomic E-state index is -0.0256. The lowest BCUT2D eigenvalue weighted by molar-refractivity contribution is -0.118. The summed E-state index contributed by atoms with van der Waals surface area (Å²) in [6, 6.07) is 8.32. The second-order valence-electron chi connectivity index (χ2n) is 6.73. The summed E-state index contributed by atoms with van der Waals surface area (Å²) in [5.41, 5.74) is 6.81. The van der Waals surface area contributed by atoms with E-state index < -0.39 is 0 Å². The number of benzene rings is 1. The SMILES string of the molecule is Nc1nnc(SCC(=O)NCCCOc2cccc(CN3CCCCC3)c2)s1. The van der Waals surface area contributed by atoms with Gasteiger partial charge in [0.05, 0.1) is 12.4 Å². The molecular weight excluding hydrogens is 394 g/mol. The molecule has 1 saturated heterocycles. The first-order valence-electron chi connectivity index (χ1n) is 9.61. The van der Waals surface area contributed by atoms with Gasteiger partial charge in [-0.2, -0.15) is 0 Å². The normalized spacial score (nSPS) is 14.7. The van der Waals surface area contributed by atoms with Crippen molar-refractivity contribution in [1.29, 1.82) is 0 Å². The Hall–Kier alpha value is -1.84. The monoisotopic (exact) mass is 421 g/mol. The van der Waals surface area contributed by atoms with Crippen LogP contribution in [0, 0.1) is 0 Å². The van der Waals surface area contributed by atoms with Crippen LogP contribution in [0.3, 0.4) is 0 Å². The zero-order valence-electron chi connectivity index (χ0n) is 15.9. The van der Waals surface area contributed by atoms with Crippen LogP contribution in [0.25, 0.3) is 0 Å². The van der Waals surface area contributed by atoms with E-state index in [-0.39, 0.29) is 5.91 Å². The summed E-state index contributed by atoms with van der Waals surface area (Å²) in [5, 5.41) is 10.9. The summed E-state index contributed by atoms with van der Waals surface area (Å²) in [6.45, 7) is 4.54. The molecule has 152 valence electrons. The molecule has 0 unspecified atom stereocenters. The number of nitrogen functional groups attached to an aromatic ring is 1. The van der Waals surface area contributed by atoms with Gasteiger partial charge in [-0.25, -0.2) is 0 Å². The first kappa shape index (κ1) is 20.9. The Labute approximate surface area is 174 Å². The molecule has 3 N–H and O–H groups in total. The minimum absolute atomic E-state index is 0.0256. The van der Waals surface area contributed by atoms with E-state index in [0.717, 1.165) is 18.7 Å². The van der Waals surface area contributed by atoms with E-state index in [9.17, 15) is 4.79 Å². The Morgan fingerprint density at radius 3 is 2.93 bits per heavy atom. The zero-order chi connectivity index (χ0) is 19.6. The van der Waals surface area contributed by atoms with Crippen LogP contribution < -0.4 is 15.8 Å². The summed E-state index contributed by atoms with van der Waals surface area (Å²) in [5.74, 6) is 1.18. The van der Waals surface area contributed by atoms with Crippen molar-refractivity contribution >= 4 is 34.1 Å². The fourth-order valence-electron chi connectivity index (χ4n) is 3.06. The molecule has 0 aliphatic carbocycles. The lowest BCUT2D eigenvalue weighted by Gasteiger charge is -2.26. The molecule has 28 heavy (non-hydrogen) atoms. The Morgan fingerprint density at radius 1 is 1.29 bits per heavy atom. The van der Waals surface area contributed by atoms with Crippen molar-refractivity contribution in [3.8, 4) is 5.75 Å². The van der Waals surface area contributed by atoms with E-state index in [0.29, 0.717) is 28.4 Å². The van der Waals surface area contributed by atoms with Crippen molar-refractivity contribution in [2.75, 3.05) is 37.7 Å². The van der Waals surface area contributed by atoms with Crippen LogP contribution in [-0.2, 0) is 11.3 Å². The number of piperidine rings is 1. The third-order valence-electron chi connectivity index (χ3n) is 4.41. The van der Waals surface area contributed by atoms with Gasteiger partial charge in [-0.15, -0.1) is 10.2 Å². The molecule has 1 amide bonds. The fourth-order valence-corrected chi connectivity index (χ4v) is 4.52. The Bertz CT molecular complexity index is 749. The number of hydrogen-bond acceptors (Lipinski definition) is 8. The molecule has 2 aromatic rings. The number of nitrogens with zero attached hydrogens (tertiary/aromatic N) is 3. The molecule has 1 aliphatic heterocycles. The van der Waals surface area contributed by atoms with Crippen molar-refractivity contribution in [1.82, 2.24) is 20.4 Å². The lowest BCUT2D eigenvalue weighted by atomic mass is 10.1. The molecule has 1 fully saturated rings. The number of nitrogens with one attached hydrogen (secondary N) is 1. The van der Waals surface area contributed by atoms with Gasteiger partial charge in [0.15, 0.2) is 4.34 Å². The zero-order valence-corrected chi connectivity index (χ0v) is 17.6. The van der Waals surface area contributed by atoms with E-state index in [2.05, 4.69) is 32.5 Å². The first-order valence-corrected chi connectivity index (χ1v) is 11.4. The van der Waals surface area contributed by atoms with Gasteiger partial charge in [0.1, 0.15) is 5.75 Å².